The first-order valence-electron chi connectivity index (χ1n) is 11.5. The molecule has 0 atom stereocenters. The van der Waals surface area contributed by atoms with Gasteiger partial charge in [0, 0.05) is 51.3 Å². The number of nitrogens with one attached hydrogen (secondary N) is 1. The smallest absolute Gasteiger partial charge is 0.262 e. The van der Waals surface area contributed by atoms with Gasteiger partial charge in [0.2, 0.25) is 0 Å². The van der Waals surface area contributed by atoms with Crippen LogP contribution < -0.4 is 5.56 Å². The zero-order valence-corrected chi connectivity index (χ0v) is 20.7. The van der Waals surface area contributed by atoms with Gasteiger partial charge in [-0.3, -0.25) is 19.1 Å². The molecule has 2 heterocycles. The minimum atomic E-state index is -0.175. The summed E-state index contributed by atoms with van der Waals surface area (Å²) < 4.78 is 6.94. The highest BCUT2D eigenvalue weighted by Crippen LogP contribution is 2.18. The van der Waals surface area contributed by atoms with Crippen molar-refractivity contribution in [1.29, 1.82) is 0 Å². The first-order valence-corrected chi connectivity index (χ1v) is 11.9. The van der Waals surface area contributed by atoms with Crippen molar-refractivity contribution in [3.05, 3.63) is 104 Å². The summed E-state index contributed by atoms with van der Waals surface area (Å²) in [6.07, 6.45) is 4.16. The molecular formula is C27H28N4O3S. The van der Waals surface area contributed by atoms with Crippen LogP contribution in [0.1, 0.15) is 33.5 Å². The summed E-state index contributed by atoms with van der Waals surface area (Å²) in [6.45, 7) is 3.91. The molecular weight excluding hydrogens is 460 g/mol. The summed E-state index contributed by atoms with van der Waals surface area (Å²) in [7, 11) is 1.62. The van der Waals surface area contributed by atoms with Gasteiger partial charge in [-0.15, -0.1) is 0 Å². The van der Waals surface area contributed by atoms with Gasteiger partial charge in [-0.25, -0.2) is 0 Å². The van der Waals surface area contributed by atoms with E-state index >= 15 is 0 Å². The summed E-state index contributed by atoms with van der Waals surface area (Å²) in [6, 6.07) is 17.0. The van der Waals surface area contributed by atoms with E-state index in [0.29, 0.717) is 53.9 Å². The molecule has 0 bridgehead atoms. The van der Waals surface area contributed by atoms with Gasteiger partial charge in [-0.05, 0) is 66.5 Å². The van der Waals surface area contributed by atoms with E-state index < -0.39 is 0 Å². The number of amides is 1. The van der Waals surface area contributed by atoms with E-state index in [4.69, 9.17) is 17.0 Å². The minimum Gasteiger partial charge on any atom is -0.385 e. The topological polar surface area (TPSA) is 80.2 Å². The SMILES string of the molecule is COCCCn1c(=S)[nH]c2cc(C(=O)N(Cc3cccnc3)Cc3ccccc3C)ccc2c1=O. The van der Waals surface area contributed by atoms with Gasteiger partial charge in [-0.2, -0.15) is 0 Å². The predicted molar refractivity (Wildman–Crippen MR) is 139 cm³/mol. The number of methoxy groups -OCH3 is 1. The number of aromatic amines is 1. The third-order valence-corrected chi connectivity index (χ3v) is 6.29. The summed E-state index contributed by atoms with van der Waals surface area (Å²) in [5, 5.41) is 0.491. The standard InChI is InChI=1S/C27H28N4O3S/c1-19-7-3-4-9-22(19)18-30(17-20-8-5-12-28-16-20)25(32)21-10-11-23-24(15-21)29-27(35)31(26(23)33)13-6-14-34-2/h3-5,7-12,15-16H,6,13-14,17-18H2,1-2H3,(H,29,35). The van der Waals surface area contributed by atoms with Crippen LogP contribution in [0.2, 0.25) is 0 Å². The van der Waals surface area contributed by atoms with Gasteiger partial charge in [0.15, 0.2) is 4.77 Å². The van der Waals surface area contributed by atoms with Crippen molar-refractivity contribution >= 4 is 29.0 Å². The van der Waals surface area contributed by atoms with Crippen LogP contribution in [-0.2, 0) is 24.4 Å². The summed E-state index contributed by atoms with van der Waals surface area (Å²) in [5.74, 6) is -0.136. The van der Waals surface area contributed by atoms with E-state index in [2.05, 4.69) is 9.97 Å². The van der Waals surface area contributed by atoms with Crippen molar-refractivity contribution in [2.45, 2.75) is 33.0 Å². The average Bonchev–Trinajstić information content (AvgIpc) is 2.87. The Hall–Kier alpha value is -3.62. The summed E-state index contributed by atoms with van der Waals surface area (Å²) >= 11 is 5.43. The lowest BCUT2D eigenvalue weighted by atomic mass is 10.1. The van der Waals surface area contributed by atoms with Gasteiger partial charge >= 0.3 is 0 Å². The maximum absolute atomic E-state index is 13.7. The molecule has 0 unspecified atom stereocenters. The molecule has 0 fully saturated rings. The Bertz CT molecular complexity index is 1450. The van der Waals surface area contributed by atoms with Crippen LogP contribution >= 0.6 is 12.2 Å². The van der Waals surface area contributed by atoms with Gasteiger partial charge < -0.3 is 14.6 Å². The van der Waals surface area contributed by atoms with Gasteiger partial charge in [0.25, 0.3) is 11.5 Å². The Morgan fingerprint density at radius 2 is 1.97 bits per heavy atom. The molecule has 4 rings (SSSR count). The highest BCUT2D eigenvalue weighted by Gasteiger charge is 2.19. The Balaban J connectivity index is 1.68. The first-order chi connectivity index (χ1) is 17.0. The number of aromatic nitrogens is 3. The van der Waals surface area contributed by atoms with Crippen molar-refractivity contribution in [1.82, 2.24) is 19.4 Å². The van der Waals surface area contributed by atoms with Crippen LogP contribution in [0.3, 0.4) is 0 Å². The molecule has 0 aliphatic rings. The maximum Gasteiger partial charge on any atom is 0.262 e. The highest BCUT2D eigenvalue weighted by atomic mass is 32.1. The number of pyridine rings is 1. The van der Waals surface area contributed by atoms with Crippen molar-refractivity contribution in [3.63, 3.8) is 0 Å². The minimum absolute atomic E-state index is 0.136. The zero-order valence-electron chi connectivity index (χ0n) is 19.9. The molecule has 0 radical (unpaired) electrons. The number of aryl methyl sites for hydroxylation is 1. The number of carbonyl (C=O) groups is 1. The number of nitrogens with zero attached hydrogens (tertiary/aromatic N) is 3. The van der Waals surface area contributed by atoms with Gasteiger partial charge in [0.05, 0.1) is 10.9 Å². The van der Waals surface area contributed by atoms with E-state index in [1.165, 1.54) is 4.57 Å². The first kappa shape index (κ1) is 24.5. The largest absolute Gasteiger partial charge is 0.385 e. The van der Waals surface area contributed by atoms with Crippen molar-refractivity contribution < 1.29 is 9.53 Å². The molecule has 0 saturated heterocycles. The number of H-pyrrole nitrogens is 1. The quantitative estimate of drug-likeness (QED) is 0.274. The van der Waals surface area contributed by atoms with Crippen LogP contribution in [0.4, 0.5) is 0 Å². The number of carbonyl (C=O) groups excluding carboxylic acids is 1. The van der Waals surface area contributed by atoms with Crippen molar-refractivity contribution in [2.75, 3.05) is 13.7 Å². The van der Waals surface area contributed by atoms with Crippen LogP contribution in [-0.4, -0.2) is 39.1 Å². The summed E-state index contributed by atoms with van der Waals surface area (Å²) in [5.41, 5.74) is 3.99. The molecule has 2 aromatic heterocycles. The fourth-order valence-corrected chi connectivity index (χ4v) is 4.33. The Morgan fingerprint density at radius 1 is 1.14 bits per heavy atom. The number of hydrogen-bond acceptors (Lipinski definition) is 5. The number of hydrogen-bond donors (Lipinski definition) is 1. The lowest BCUT2D eigenvalue weighted by Gasteiger charge is -2.24. The fraction of sp³-hybridized carbons (Fsp3) is 0.259. The van der Waals surface area contributed by atoms with E-state index in [9.17, 15) is 9.59 Å². The second-order valence-corrected chi connectivity index (χ2v) is 8.83. The molecule has 8 heteroatoms. The van der Waals surface area contributed by atoms with Crippen LogP contribution in [0.25, 0.3) is 10.9 Å². The molecule has 0 spiro atoms. The Morgan fingerprint density at radius 3 is 2.71 bits per heavy atom. The number of ether oxygens (including phenoxy) is 1. The molecule has 180 valence electrons. The fourth-order valence-electron chi connectivity index (χ4n) is 4.04. The third kappa shape index (κ3) is 5.72. The number of fused-ring (bicyclic) bond motifs is 1. The van der Waals surface area contributed by atoms with Crippen LogP contribution in [0.5, 0.6) is 0 Å². The zero-order chi connectivity index (χ0) is 24.8. The number of benzene rings is 2. The molecule has 2 aromatic carbocycles. The monoisotopic (exact) mass is 488 g/mol. The van der Waals surface area contributed by atoms with Gasteiger partial charge in [-0.1, -0.05) is 30.3 Å². The molecule has 0 aliphatic carbocycles. The van der Waals surface area contributed by atoms with Crippen LogP contribution in [0, 0.1) is 11.7 Å². The molecule has 1 N–H and O–H groups in total. The summed E-state index contributed by atoms with van der Waals surface area (Å²) in [4.78, 5) is 35.8. The van der Waals surface area contributed by atoms with Crippen LogP contribution in [0.15, 0.2) is 71.8 Å². The maximum atomic E-state index is 13.7. The average molecular weight is 489 g/mol. The molecule has 0 aliphatic heterocycles. The Labute approximate surface area is 209 Å². The van der Waals surface area contributed by atoms with Crippen molar-refractivity contribution in [2.24, 2.45) is 0 Å². The molecule has 0 saturated carbocycles. The lowest BCUT2D eigenvalue weighted by molar-refractivity contribution is 0.0730. The highest BCUT2D eigenvalue weighted by molar-refractivity contribution is 7.71. The normalized spacial score (nSPS) is 11.0. The predicted octanol–water partition coefficient (Wildman–Crippen LogP) is 4.64. The van der Waals surface area contributed by atoms with Crippen molar-refractivity contribution in [3.8, 4) is 0 Å². The molecule has 4 aromatic rings. The number of rotatable bonds is 9. The lowest BCUT2D eigenvalue weighted by Crippen LogP contribution is -2.30. The molecule has 1 amide bonds. The second kappa shape index (κ2) is 11.2. The third-order valence-electron chi connectivity index (χ3n) is 5.96. The molecule has 35 heavy (non-hydrogen) atoms. The van der Waals surface area contributed by atoms with E-state index in [0.717, 1.165) is 16.7 Å². The van der Waals surface area contributed by atoms with E-state index in [-0.39, 0.29) is 11.5 Å². The Kier molecular flexibility index (Phi) is 7.84. The van der Waals surface area contributed by atoms with E-state index in [1.807, 2.05) is 43.3 Å². The second-order valence-electron chi connectivity index (χ2n) is 8.44. The van der Waals surface area contributed by atoms with Gasteiger partial charge in [0.1, 0.15) is 0 Å². The molecule has 7 nitrogen and oxygen atoms in total. The van der Waals surface area contributed by atoms with E-state index in [1.54, 1.807) is 42.6 Å².